The molecule has 0 amide bonds. The van der Waals surface area contributed by atoms with Gasteiger partial charge < -0.3 is 9.80 Å². The molecule has 0 fully saturated rings. The van der Waals surface area contributed by atoms with Crippen LogP contribution in [0.4, 0.5) is 34.1 Å². The molecule has 1 aromatic heterocycles. The Labute approximate surface area is 401 Å². The average molecular weight is 901 g/mol. The van der Waals surface area contributed by atoms with E-state index < -0.39 is 8.07 Å². The Bertz CT molecular complexity index is 3720. The van der Waals surface area contributed by atoms with Crippen molar-refractivity contribution in [3.8, 4) is 22.3 Å². The van der Waals surface area contributed by atoms with E-state index in [1.165, 1.54) is 73.9 Å². The lowest BCUT2D eigenvalue weighted by molar-refractivity contribution is 1.29. The largest absolute Gasteiger partial charge is 0.310 e. The second-order valence-corrected chi connectivity index (χ2v) is 22.4. The van der Waals surface area contributed by atoms with Gasteiger partial charge in [-0.3, -0.25) is 0 Å². The van der Waals surface area contributed by atoms with Crippen molar-refractivity contribution in [1.29, 1.82) is 0 Å². The smallest absolute Gasteiger partial charge is 0.180 e. The lowest BCUT2D eigenvalue weighted by Gasteiger charge is -2.33. The third-order valence-corrected chi connectivity index (χ3v) is 19.9. The minimum Gasteiger partial charge on any atom is -0.310 e. The first-order valence-electron chi connectivity index (χ1n) is 23.3. The highest BCUT2D eigenvalue weighted by Gasteiger charge is 2.49. The zero-order valence-corrected chi connectivity index (χ0v) is 39.0. The van der Waals surface area contributed by atoms with Gasteiger partial charge in [-0.25, -0.2) is 0 Å². The molecule has 11 aromatic carbocycles. The van der Waals surface area contributed by atoms with E-state index in [0.29, 0.717) is 0 Å². The lowest BCUT2D eigenvalue weighted by Crippen LogP contribution is -2.72. The molecule has 68 heavy (non-hydrogen) atoms. The maximum atomic E-state index is 2.55. The zero-order chi connectivity index (χ0) is 45.0. The van der Waals surface area contributed by atoms with E-state index >= 15 is 0 Å². The van der Waals surface area contributed by atoms with Crippen molar-refractivity contribution in [3.05, 3.63) is 267 Å². The number of rotatable bonds is 9. The summed E-state index contributed by atoms with van der Waals surface area (Å²) in [6.45, 7) is 0. The van der Waals surface area contributed by atoms with Crippen LogP contribution < -0.4 is 30.5 Å². The van der Waals surface area contributed by atoms with E-state index in [-0.39, 0.29) is 0 Å². The van der Waals surface area contributed by atoms with Crippen LogP contribution in [0.3, 0.4) is 0 Å². The van der Waals surface area contributed by atoms with Gasteiger partial charge in [0.2, 0.25) is 0 Å². The fraction of sp³-hybridized carbons (Fsp3) is 0. The Morgan fingerprint density at radius 3 is 1.46 bits per heavy atom. The molecule has 0 radical (unpaired) electrons. The van der Waals surface area contributed by atoms with Crippen LogP contribution in [-0.4, -0.2) is 8.07 Å². The summed E-state index contributed by atoms with van der Waals surface area (Å²) in [5, 5.41) is 10.6. The molecule has 0 N–H and O–H groups in total. The first kappa shape index (κ1) is 40.0. The fourth-order valence-corrected chi connectivity index (χ4v) is 17.4. The molecule has 2 nitrogen and oxygen atoms in total. The Hall–Kier alpha value is -8.28. The van der Waals surface area contributed by atoms with Gasteiger partial charge in [-0.05, 0) is 121 Å². The Kier molecular flexibility index (Phi) is 9.74. The second-order valence-electron chi connectivity index (χ2n) is 17.6. The first-order chi connectivity index (χ1) is 33.8. The highest BCUT2D eigenvalue weighted by molar-refractivity contribution is 7.26. The van der Waals surface area contributed by atoms with Crippen molar-refractivity contribution in [2.45, 2.75) is 0 Å². The van der Waals surface area contributed by atoms with Crippen molar-refractivity contribution >= 4 is 105 Å². The summed E-state index contributed by atoms with van der Waals surface area (Å²) in [4.78, 5) is 4.85. The number of anilines is 6. The van der Waals surface area contributed by atoms with Gasteiger partial charge in [0, 0.05) is 54.0 Å². The molecule has 12 aromatic rings. The van der Waals surface area contributed by atoms with Crippen LogP contribution in [0.25, 0.3) is 53.2 Å². The summed E-state index contributed by atoms with van der Waals surface area (Å²) in [6, 6.07) is 99.0. The maximum Gasteiger partial charge on any atom is 0.180 e. The molecule has 0 aliphatic carbocycles. The molecule has 0 unspecified atom stereocenters. The molecular formula is C64H44N2SSi. The summed E-state index contributed by atoms with van der Waals surface area (Å²) < 4.78 is 2.60. The quantitative estimate of drug-likeness (QED) is 0.133. The van der Waals surface area contributed by atoms with E-state index in [2.05, 4.69) is 277 Å². The molecular weight excluding hydrogens is 857 g/mol. The van der Waals surface area contributed by atoms with Gasteiger partial charge in [0.1, 0.15) is 0 Å². The highest BCUT2D eigenvalue weighted by atomic mass is 32.1. The van der Waals surface area contributed by atoms with Gasteiger partial charge >= 0.3 is 0 Å². The van der Waals surface area contributed by atoms with Crippen LogP contribution in [0.15, 0.2) is 267 Å². The van der Waals surface area contributed by atoms with Crippen molar-refractivity contribution in [2.75, 3.05) is 9.80 Å². The summed E-state index contributed by atoms with van der Waals surface area (Å²) in [7, 11) is -2.95. The molecule has 2 heterocycles. The SMILES string of the molecule is c1ccc(N(c2ccc3c(c2)[Si](c2ccccc2)(c2ccccc2)c2cccc(-c4cccc5c(N(c6ccccc6)c6ccccc6)cccc45)c2-3)c2ccc3c(c2)sc2ccccc23)cc1. The van der Waals surface area contributed by atoms with E-state index in [9.17, 15) is 0 Å². The van der Waals surface area contributed by atoms with Crippen LogP contribution in [0, 0.1) is 0 Å². The molecule has 0 atom stereocenters. The van der Waals surface area contributed by atoms with Crippen molar-refractivity contribution < 1.29 is 0 Å². The first-order valence-corrected chi connectivity index (χ1v) is 26.2. The van der Waals surface area contributed by atoms with Crippen LogP contribution >= 0.6 is 11.3 Å². The monoisotopic (exact) mass is 900 g/mol. The van der Waals surface area contributed by atoms with Gasteiger partial charge in [0.15, 0.2) is 8.07 Å². The summed E-state index contributed by atoms with van der Waals surface area (Å²) >= 11 is 1.87. The molecule has 320 valence electrons. The normalized spacial score (nSPS) is 12.5. The Balaban J connectivity index is 1.06. The van der Waals surface area contributed by atoms with Gasteiger partial charge in [0.25, 0.3) is 0 Å². The second kappa shape index (κ2) is 16.5. The number of hydrogen-bond donors (Lipinski definition) is 0. The minimum atomic E-state index is -2.95. The van der Waals surface area contributed by atoms with Gasteiger partial charge in [-0.1, -0.05) is 194 Å². The molecule has 1 aliphatic heterocycles. The van der Waals surface area contributed by atoms with E-state index in [1.807, 2.05) is 11.3 Å². The number of benzene rings is 11. The van der Waals surface area contributed by atoms with E-state index in [1.54, 1.807) is 0 Å². The third-order valence-electron chi connectivity index (χ3n) is 13.9. The van der Waals surface area contributed by atoms with E-state index in [4.69, 9.17) is 0 Å². The molecule has 0 saturated carbocycles. The number of hydrogen-bond acceptors (Lipinski definition) is 3. The molecule has 0 bridgehead atoms. The Morgan fingerprint density at radius 2 is 0.779 bits per heavy atom. The van der Waals surface area contributed by atoms with Crippen molar-refractivity contribution in [1.82, 2.24) is 0 Å². The summed E-state index contributed by atoms with van der Waals surface area (Å²) in [5.74, 6) is 0. The predicted octanol–water partition coefficient (Wildman–Crippen LogP) is 15.2. The topological polar surface area (TPSA) is 6.48 Å². The van der Waals surface area contributed by atoms with Crippen LogP contribution in [0.5, 0.6) is 0 Å². The number of thiophene rings is 1. The number of nitrogens with zero attached hydrogens (tertiary/aromatic N) is 2. The highest BCUT2D eigenvalue weighted by Crippen LogP contribution is 2.46. The van der Waals surface area contributed by atoms with Crippen molar-refractivity contribution in [2.24, 2.45) is 0 Å². The summed E-state index contributed by atoms with van der Waals surface area (Å²) in [6.07, 6.45) is 0. The summed E-state index contributed by atoms with van der Waals surface area (Å²) in [5.41, 5.74) is 11.9. The maximum absolute atomic E-state index is 2.95. The number of fused-ring (bicyclic) bond motifs is 7. The van der Waals surface area contributed by atoms with Gasteiger partial charge in [-0.2, -0.15) is 0 Å². The van der Waals surface area contributed by atoms with Crippen LogP contribution in [0.2, 0.25) is 0 Å². The predicted molar refractivity (Wildman–Crippen MR) is 294 cm³/mol. The van der Waals surface area contributed by atoms with Crippen molar-refractivity contribution in [3.63, 3.8) is 0 Å². The van der Waals surface area contributed by atoms with Crippen LogP contribution in [-0.2, 0) is 0 Å². The third kappa shape index (κ3) is 6.37. The van der Waals surface area contributed by atoms with Crippen LogP contribution in [0.1, 0.15) is 0 Å². The lowest BCUT2D eigenvalue weighted by atomic mass is 9.91. The molecule has 1 aliphatic rings. The van der Waals surface area contributed by atoms with Gasteiger partial charge in [-0.15, -0.1) is 11.3 Å². The molecule has 0 spiro atoms. The fourth-order valence-electron chi connectivity index (χ4n) is 11.1. The molecule has 4 heteroatoms. The Morgan fingerprint density at radius 1 is 0.279 bits per heavy atom. The molecule has 0 saturated heterocycles. The minimum absolute atomic E-state index is 1.12. The standard InChI is InChI=1S/C64H44N2SSi/c1-6-21-45(22-7-1)65(48-39-41-56-55-31-16-17-37-60(55)67-61(56)43-48)49-40-42-58-63(44-49)68(50-27-12-4-13-28-50,51-29-14-5-15-30-51)62-38-20-35-57(64(58)62)53-32-18-34-54-52(53)33-19-36-59(54)66(46-23-8-2-9-24-46)47-25-10-3-11-26-47/h1-44H. The molecule has 13 rings (SSSR count). The van der Waals surface area contributed by atoms with Gasteiger partial charge in [0.05, 0.1) is 5.69 Å². The zero-order valence-electron chi connectivity index (χ0n) is 37.2. The average Bonchev–Trinajstić information content (AvgIpc) is 3.93. The number of para-hydroxylation sites is 3. The van der Waals surface area contributed by atoms with E-state index in [0.717, 1.165) is 34.1 Å².